The molecule has 1 rings (SSSR count). The fraction of sp³-hybridized carbons (Fsp3) is 0.125. The van der Waals surface area contributed by atoms with Crippen molar-refractivity contribution in [2.45, 2.75) is 0 Å². The van der Waals surface area contributed by atoms with Crippen LogP contribution in [0.5, 0.6) is 0 Å². The molecule has 0 spiro atoms. The van der Waals surface area contributed by atoms with Gasteiger partial charge in [-0.25, -0.2) is 4.79 Å². The van der Waals surface area contributed by atoms with Crippen LogP contribution in [0.2, 0.25) is 0 Å². The molecule has 0 heterocycles. The summed E-state index contributed by atoms with van der Waals surface area (Å²) in [5.74, 6) is -1.09. The van der Waals surface area contributed by atoms with Crippen LogP contribution < -0.4 is 11.2 Å². The maximum Gasteiger partial charge on any atom is 0.340 e. The fourth-order valence-corrected chi connectivity index (χ4v) is 1.00. The van der Waals surface area contributed by atoms with Crippen molar-refractivity contribution in [2.24, 2.45) is 0 Å². The van der Waals surface area contributed by atoms with E-state index in [0.29, 0.717) is 5.69 Å². The molecule has 0 aliphatic carbocycles. The number of benzene rings is 1. The van der Waals surface area contributed by atoms with Gasteiger partial charge in [-0.15, -0.1) is 0 Å². The quantitative estimate of drug-likeness (QED) is 0.478. The van der Waals surface area contributed by atoms with Gasteiger partial charge in [-0.2, -0.15) is 0 Å². The topological polar surface area (TPSA) is 84.6 Å². The molecule has 5 heteroatoms. The highest BCUT2D eigenvalue weighted by atomic mass is 16.6. The molecule has 0 fully saturated rings. The third-order valence-electron chi connectivity index (χ3n) is 1.52. The van der Waals surface area contributed by atoms with Gasteiger partial charge in [0.2, 0.25) is 0 Å². The van der Waals surface area contributed by atoms with E-state index in [1.807, 2.05) is 0 Å². The third kappa shape index (κ3) is 1.88. The van der Waals surface area contributed by atoms with Gasteiger partial charge in [0.1, 0.15) is 5.56 Å². The molecule has 0 saturated heterocycles. The highest BCUT2D eigenvalue weighted by Gasteiger charge is 2.12. The van der Waals surface area contributed by atoms with Gasteiger partial charge in [0.05, 0.1) is 12.8 Å². The molecule has 4 N–H and O–H groups in total. The van der Waals surface area contributed by atoms with Crippen molar-refractivity contribution in [1.29, 1.82) is 0 Å². The molecule has 0 saturated carbocycles. The Labute approximate surface area is 75.1 Å². The van der Waals surface area contributed by atoms with Crippen LogP contribution >= 0.6 is 0 Å². The number of carboxylic acid groups (broad SMARTS) is 1. The average Bonchev–Trinajstić information content (AvgIpc) is 2.04. The van der Waals surface area contributed by atoms with Gasteiger partial charge in [-0.05, 0) is 12.1 Å². The molecule has 0 bridgehead atoms. The number of carboxylic acids is 1. The van der Waals surface area contributed by atoms with E-state index >= 15 is 0 Å². The van der Waals surface area contributed by atoms with Crippen molar-refractivity contribution in [3.05, 3.63) is 23.8 Å². The van der Waals surface area contributed by atoms with Crippen LogP contribution in [0.4, 0.5) is 11.4 Å². The SMILES string of the molecule is CONc1cccc(N)c1C(=O)O. The minimum atomic E-state index is -1.09. The zero-order valence-corrected chi connectivity index (χ0v) is 7.07. The van der Waals surface area contributed by atoms with Crippen LogP contribution in [-0.4, -0.2) is 18.2 Å². The van der Waals surface area contributed by atoms with E-state index in [2.05, 4.69) is 10.3 Å². The lowest BCUT2D eigenvalue weighted by Gasteiger charge is -2.08. The largest absolute Gasteiger partial charge is 0.478 e. The molecule has 0 aromatic heterocycles. The summed E-state index contributed by atoms with van der Waals surface area (Å²) in [5.41, 5.74) is 8.48. The van der Waals surface area contributed by atoms with Crippen molar-refractivity contribution in [3.8, 4) is 0 Å². The Kier molecular flexibility index (Phi) is 2.71. The van der Waals surface area contributed by atoms with Crippen molar-refractivity contribution in [2.75, 3.05) is 18.3 Å². The molecule has 0 aliphatic heterocycles. The van der Waals surface area contributed by atoms with E-state index in [1.54, 1.807) is 12.1 Å². The van der Waals surface area contributed by atoms with Crippen molar-refractivity contribution >= 4 is 17.3 Å². The van der Waals surface area contributed by atoms with Crippen LogP contribution in [0.1, 0.15) is 10.4 Å². The summed E-state index contributed by atoms with van der Waals surface area (Å²) >= 11 is 0. The van der Waals surface area contributed by atoms with Gasteiger partial charge >= 0.3 is 5.97 Å². The molecule has 0 atom stereocenters. The maximum atomic E-state index is 10.7. The second-order valence-corrected chi connectivity index (χ2v) is 2.38. The summed E-state index contributed by atoms with van der Waals surface area (Å²) in [7, 11) is 1.40. The molecule has 0 aliphatic rings. The van der Waals surface area contributed by atoms with Crippen LogP contribution in [0.3, 0.4) is 0 Å². The van der Waals surface area contributed by atoms with Crippen LogP contribution in [-0.2, 0) is 4.84 Å². The summed E-state index contributed by atoms with van der Waals surface area (Å²) in [4.78, 5) is 15.3. The number of nitrogens with one attached hydrogen (secondary N) is 1. The van der Waals surface area contributed by atoms with E-state index in [1.165, 1.54) is 13.2 Å². The Bertz CT molecular complexity index is 325. The van der Waals surface area contributed by atoms with E-state index in [4.69, 9.17) is 10.8 Å². The molecule has 1 aromatic carbocycles. The number of carbonyl (C=O) groups is 1. The Balaban J connectivity index is 3.17. The second kappa shape index (κ2) is 3.77. The van der Waals surface area contributed by atoms with Gasteiger partial charge in [0, 0.05) is 5.69 Å². The van der Waals surface area contributed by atoms with Crippen molar-refractivity contribution in [3.63, 3.8) is 0 Å². The van der Waals surface area contributed by atoms with Gasteiger partial charge in [0.15, 0.2) is 0 Å². The molecule has 5 nitrogen and oxygen atoms in total. The zero-order chi connectivity index (χ0) is 9.84. The molecule has 0 amide bonds. The molecule has 70 valence electrons. The number of rotatable bonds is 3. The van der Waals surface area contributed by atoms with E-state index in [0.717, 1.165) is 0 Å². The Morgan fingerprint density at radius 2 is 2.31 bits per heavy atom. The minimum absolute atomic E-state index is 0.0179. The van der Waals surface area contributed by atoms with E-state index in [9.17, 15) is 4.79 Å². The number of aromatic carboxylic acids is 1. The van der Waals surface area contributed by atoms with Crippen LogP contribution in [0, 0.1) is 0 Å². The van der Waals surface area contributed by atoms with E-state index < -0.39 is 5.97 Å². The normalized spacial score (nSPS) is 9.62. The molecular weight excluding hydrogens is 172 g/mol. The summed E-state index contributed by atoms with van der Waals surface area (Å²) in [6, 6.07) is 4.73. The first-order chi connectivity index (χ1) is 6.16. The molecule has 13 heavy (non-hydrogen) atoms. The molecule has 0 radical (unpaired) electrons. The lowest BCUT2D eigenvalue weighted by atomic mass is 10.1. The first kappa shape index (κ1) is 9.34. The minimum Gasteiger partial charge on any atom is -0.478 e. The number of nitrogens with two attached hydrogens (primary N) is 1. The lowest BCUT2D eigenvalue weighted by Crippen LogP contribution is -2.08. The monoisotopic (exact) mass is 182 g/mol. The third-order valence-corrected chi connectivity index (χ3v) is 1.52. The Morgan fingerprint density at radius 1 is 1.62 bits per heavy atom. The predicted octanol–water partition coefficient (Wildman–Crippen LogP) is 0.940. The standard InChI is InChI=1S/C8H10N2O3/c1-13-10-6-4-2-3-5(9)7(6)8(11)12/h2-4,10H,9H2,1H3,(H,11,12). The van der Waals surface area contributed by atoms with Crippen molar-refractivity contribution < 1.29 is 14.7 Å². The molecule has 1 aromatic rings. The Hall–Kier alpha value is -1.75. The van der Waals surface area contributed by atoms with Crippen molar-refractivity contribution in [1.82, 2.24) is 0 Å². The highest BCUT2D eigenvalue weighted by molar-refractivity contribution is 5.99. The smallest absolute Gasteiger partial charge is 0.340 e. The van der Waals surface area contributed by atoms with Gasteiger partial charge in [-0.3, -0.25) is 10.3 Å². The first-order valence-electron chi connectivity index (χ1n) is 3.57. The number of hydrogen-bond acceptors (Lipinski definition) is 4. The second-order valence-electron chi connectivity index (χ2n) is 2.38. The maximum absolute atomic E-state index is 10.7. The summed E-state index contributed by atoms with van der Waals surface area (Å²) in [5, 5.41) is 8.80. The highest BCUT2D eigenvalue weighted by Crippen LogP contribution is 2.21. The lowest BCUT2D eigenvalue weighted by molar-refractivity contribution is 0.0698. The predicted molar refractivity (Wildman–Crippen MR) is 48.4 cm³/mol. The van der Waals surface area contributed by atoms with Gasteiger partial charge < -0.3 is 10.8 Å². The first-order valence-corrected chi connectivity index (χ1v) is 3.57. The number of hydrogen-bond donors (Lipinski definition) is 3. The van der Waals surface area contributed by atoms with Crippen LogP contribution in [0.25, 0.3) is 0 Å². The number of nitrogen functional groups attached to an aromatic ring is 1. The number of anilines is 2. The summed E-state index contributed by atoms with van der Waals surface area (Å²) < 4.78 is 0. The Morgan fingerprint density at radius 3 is 2.85 bits per heavy atom. The summed E-state index contributed by atoms with van der Waals surface area (Å²) in [6.07, 6.45) is 0. The van der Waals surface area contributed by atoms with Crippen LogP contribution in [0.15, 0.2) is 18.2 Å². The molecular formula is C8H10N2O3. The summed E-state index contributed by atoms with van der Waals surface area (Å²) in [6.45, 7) is 0. The van der Waals surface area contributed by atoms with Gasteiger partial charge in [-0.1, -0.05) is 6.07 Å². The fourth-order valence-electron chi connectivity index (χ4n) is 1.00. The zero-order valence-electron chi connectivity index (χ0n) is 7.07. The average molecular weight is 182 g/mol. The van der Waals surface area contributed by atoms with Gasteiger partial charge in [0.25, 0.3) is 0 Å². The molecule has 0 unspecified atom stereocenters. The van der Waals surface area contributed by atoms with E-state index in [-0.39, 0.29) is 11.3 Å².